The van der Waals surface area contributed by atoms with Crippen molar-refractivity contribution in [2.24, 2.45) is 5.92 Å². The van der Waals surface area contributed by atoms with Gasteiger partial charge in [0, 0.05) is 21.4 Å². The Labute approximate surface area is 258 Å². The summed E-state index contributed by atoms with van der Waals surface area (Å²) in [7, 11) is 1.55. The minimum Gasteiger partial charge on any atom is -0.497 e. The number of carbonyl (C=O) groups excluding carboxylic acids is 4. The molecule has 10 nitrogen and oxygen atoms in total. The van der Waals surface area contributed by atoms with Crippen LogP contribution in [0.1, 0.15) is 33.0 Å². The lowest BCUT2D eigenvalue weighted by atomic mass is 9.87. The van der Waals surface area contributed by atoms with Crippen molar-refractivity contribution in [1.29, 1.82) is 0 Å². The number of imide groups is 1. The van der Waals surface area contributed by atoms with Crippen LogP contribution in [-0.2, 0) is 25.7 Å². The van der Waals surface area contributed by atoms with E-state index in [4.69, 9.17) is 9.47 Å². The van der Waals surface area contributed by atoms with Gasteiger partial charge in [-0.3, -0.25) is 23.7 Å². The number of nitrogens with one attached hydrogen (secondary N) is 1. The first kappa shape index (κ1) is 28.9. The monoisotopic (exact) mass is 635 g/mol. The van der Waals surface area contributed by atoms with Crippen molar-refractivity contribution in [3.8, 4) is 5.75 Å². The normalized spacial score (nSPS) is 19.1. The van der Waals surface area contributed by atoms with Crippen molar-refractivity contribution >= 4 is 69.5 Å². The molecule has 4 aromatic rings. The summed E-state index contributed by atoms with van der Waals surface area (Å²) in [4.78, 5) is 68.5. The largest absolute Gasteiger partial charge is 0.497 e. The molecular formula is C30H25N3O7S3. The number of benzene rings is 2. The van der Waals surface area contributed by atoms with Crippen LogP contribution in [0.2, 0.25) is 0 Å². The number of thioether (sulfide) groups is 1. The summed E-state index contributed by atoms with van der Waals surface area (Å²) in [6, 6.07) is 16.8. The Hall–Kier alpha value is -4.20. The van der Waals surface area contributed by atoms with Crippen LogP contribution >= 0.6 is 34.4 Å². The second-order valence-electron chi connectivity index (χ2n) is 9.74. The molecule has 0 saturated carbocycles. The average Bonchev–Trinajstić information content (AvgIpc) is 3.71. The number of anilines is 2. The molecule has 220 valence electrons. The molecule has 4 heterocycles. The summed E-state index contributed by atoms with van der Waals surface area (Å²) in [6.45, 7) is 1.69. The van der Waals surface area contributed by atoms with Gasteiger partial charge in [0.15, 0.2) is 0 Å². The minimum absolute atomic E-state index is 0.229. The van der Waals surface area contributed by atoms with E-state index in [0.29, 0.717) is 32.6 Å². The molecule has 0 spiro atoms. The Balaban J connectivity index is 1.32. The number of rotatable bonds is 8. The number of methoxy groups -OCH3 is 1. The number of amides is 3. The molecule has 0 aliphatic carbocycles. The Kier molecular flexibility index (Phi) is 7.95. The zero-order valence-corrected chi connectivity index (χ0v) is 25.4. The number of thiazole rings is 1. The van der Waals surface area contributed by atoms with E-state index < -0.39 is 34.9 Å². The van der Waals surface area contributed by atoms with E-state index >= 15 is 0 Å². The van der Waals surface area contributed by atoms with Gasteiger partial charge in [0.25, 0.3) is 0 Å². The highest BCUT2D eigenvalue weighted by molar-refractivity contribution is 8.00. The van der Waals surface area contributed by atoms with Gasteiger partial charge in [-0.05, 0) is 66.9 Å². The van der Waals surface area contributed by atoms with E-state index in [2.05, 4.69) is 5.32 Å². The third-order valence-corrected chi connectivity index (χ3v) is 10.8. The standard InChI is InChI=1S/C30H25N3O7S3/c1-3-40-29(37)16-6-10-18(11-7-16)33-26(35)23-22(20-5-4-14-41-20)25-28(42-24(23)27(33)36)32(30(38)43-25)15-21(34)31-17-8-12-19(39-2)13-9-17/h4-14,22-24H,3,15H2,1-2H3,(H,31,34)/t22-,23?,24?/m1/s1. The molecule has 2 aliphatic heterocycles. The smallest absolute Gasteiger partial charge is 0.338 e. The third kappa shape index (κ3) is 5.28. The zero-order chi connectivity index (χ0) is 30.2. The summed E-state index contributed by atoms with van der Waals surface area (Å²) < 4.78 is 11.6. The first-order chi connectivity index (χ1) is 20.8. The molecule has 13 heteroatoms. The number of hydrogen-bond acceptors (Lipinski definition) is 10. The molecule has 3 atom stereocenters. The molecule has 1 saturated heterocycles. The van der Waals surface area contributed by atoms with E-state index in [1.165, 1.54) is 28.0 Å². The second kappa shape index (κ2) is 11.8. The van der Waals surface area contributed by atoms with E-state index in [1.807, 2.05) is 17.5 Å². The van der Waals surface area contributed by atoms with Gasteiger partial charge in [-0.1, -0.05) is 29.2 Å². The van der Waals surface area contributed by atoms with Crippen molar-refractivity contribution in [3.05, 3.63) is 91.0 Å². The van der Waals surface area contributed by atoms with Crippen molar-refractivity contribution in [3.63, 3.8) is 0 Å². The Morgan fingerprint density at radius 2 is 1.72 bits per heavy atom. The fraction of sp³-hybridized carbons (Fsp3) is 0.233. The predicted molar refractivity (Wildman–Crippen MR) is 164 cm³/mol. The molecule has 2 aliphatic rings. The van der Waals surface area contributed by atoms with Gasteiger partial charge >= 0.3 is 10.8 Å². The van der Waals surface area contributed by atoms with Gasteiger partial charge in [0.2, 0.25) is 17.7 Å². The van der Waals surface area contributed by atoms with Crippen LogP contribution in [0.5, 0.6) is 5.75 Å². The molecule has 43 heavy (non-hydrogen) atoms. The van der Waals surface area contributed by atoms with Crippen LogP contribution in [0, 0.1) is 5.92 Å². The fourth-order valence-corrected chi connectivity index (χ4v) is 8.99. The summed E-state index contributed by atoms with van der Waals surface area (Å²) >= 11 is 3.60. The van der Waals surface area contributed by atoms with Gasteiger partial charge in [0.1, 0.15) is 17.5 Å². The maximum absolute atomic E-state index is 14.0. The van der Waals surface area contributed by atoms with Gasteiger partial charge in [-0.25, -0.2) is 9.69 Å². The molecule has 2 unspecified atom stereocenters. The van der Waals surface area contributed by atoms with E-state index in [9.17, 15) is 24.0 Å². The summed E-state index contributed by atoms with van der Waals surface area (Å²) in [5.41, 5.74) is 1.21. The van der Waals surface area contributed by atoms with Gasteiger partial charge in [0.05, 0.1) is 35.9 Å². The number of hydrogen-bond donors (Lipinski definition) is 1. The van der Waals surface area contributed by atoms with Crippen molar-refractivity contribution < 1.29 is 28.7 Å². The molecule has 0 bridgehead atoms. The number of aromatic nitrogens is 1. The second-order valence-corrected chi connectivity index (χ2v) is 12.8. The van der Waals surface area contributed by atoms with E-state index in [-0.39, 0.29) is 23.9 Å². The fourth-order valence-electron chi connectivity index (χ4n) is 5.26. The summed E-state index contributed by atoms with van der Waals surface area (Å²) in [5, 5.41) is 4.40. The topological polar surface area (TPSA) is 124 Å². The lowest BCUT2D eigenvalue weighted by Crippen LogP contribution is -2.32. The highest BCUT2D eigenvalue weighted by Gasteiger charge is 2.57. The van der Waals surface area contributed by atoms with Crippen molar-refractivity contribution in [2.75, 3.05) is 23.9 Å². The molecule has 0 radical (unpaired) electrons. The first-order valence-electron chi connectivity index (χ1n) is 13.3. The molecule has 2 aromatic carbocycles. The predicted octanol–water partition coefficient (Wildman–Crippen LogP) is 4.59. The quantitative estimate of drug-likeness (QED) is 0.220. The minimum atomic E-state index is -0.804. The number of fused-ring (bicyclic) bond motifs is 2. The highest BCUT2D eigenvalue weighted by Crippen LogP contribution is 2.54. The van der Waals surface area contributed by atoms with Crippen LogP contribution in [0.25, 0.3) is 0 Å². The Morgan fingerprint density at radius 3 is 2.37 bits per heavy atom. The molecule has 3 amide bonds. The maximum atomic E-state index is 14.0. The van der Waals surface area contributed by atoms with E-state index in [0.717, 1.165) is 32.9 Å². The number of nitrogens with zero attached hydrogens (tertiary/aromatic N) is 2. The van der Waals surface area contributed by atoms with Crippen LogP contribution < -0.4 is 19.8 Å². The van der Waals surface area contributed by atoms with Crippen LogP contribution in [0.15, 0.2) is 75.9 Å². The Morgan fingerprint density at radius 1 is 0.977 bits per heavy atom. The van der Waals surface area contributed by atoms with Crippen molar-refractivity contribution in [2.45, 2.75) is 29.7 Å². The molecule has 1 fully saturated rings. The zero-order valence-electron chi connectivity index (χ0n) is 23.0. The van der Waals surface area contributed by atoms with Crippen molar-refractivity contribution in [1.82, 2.24) is 4.57 Å². The first-order valence-corrected chi connectivity index (χ1v) is 15.9. The SMILES string of the molecule is CCOC(=O)c1ccc(N2C(=O)C3Sc4c(sc(=O)n4CC(=O)Nc4ccc(OC)cc4)[C@H](c4cccs4)C3C2=O)cc1. The van der Waals surface area contributed by atoms with Crippen LogP contribution in [0.4, 0.5) is 11.4 Å². The maximum Gasteiger partial charge on any atom is 0.338 e. The number of esters is 1. The third-order valence-electron chi connectivity index (χ3n) is 7.21. The number of carbonyl (C=O) groups is 4. The number of thiophene rings is 1. The Bertz CT molecular complexity index is 1760. The molecular weight excluding hydrogens is 611 g/mol. The lowest BCUT2D eigenvalue weighted by molar-refractivity contribution is -0.122. The average molecular weight is 636 g/mol. The van der Waals surface area contributed by atoms with Gasteiger partial charge in [-0.2, -0.15) is 0 Å². The molecule has 6 rings (SSSR count). The van der Waals surface area contributed by atoms with Gasteiger partial charge in [-0.15, -0.1) is 11.3 Å². The number of ether oxygens (including phenoxy) is 2. The van der Waals surface area contributed by atoms with Crippen LogP contribution in [0.3, 0.4) is 0 Å². The van der Waals surface area contributed by atoms with Crippen LogP contribution in [-0.4, -0.2) is 47.2 Å². The summed E-state index contributed by atoms with van der Waals surface area (Å²) in [5.74, 6) is -2.30. The molecule has 2 aromatic heterocycles. The lowest BCUT2D eigenvalue weighted by Gasteiger charge is -2.29. The summed E-state index contributed by atoms with van der Waals surface area (Å²) in [6.07, 6.45) is 0. The highest BCUT2D eigenvalue weighted by atomic mass is 32.2. The molecule has 1 N–H and O–H groups in total. The van der Waals surface area contributed by atoms with Gasteiger partial charge < -0.3 is 14.8 Å². The van der Waals surface area contributed by atoms with E-state index in [1.54, 1.807) is 50.4 Å².